The molecular weight excluding hydrogens is 831 g/mol. The van der Waals surface area contributed by atoms with Gasteiger partial charge < -0.3 is 35.1 Å². The van der Waals surface area contributed by atoms with Crippen molar-refractivity contribution in [1.82, 2.24) is 10.6 Å². The summed E-state index contributed by atoms with van der Waals surface area (Å²) in [7, 11) is 0. The summed E-state index contributed by atoms with van der Waals surface area (Å²) in [5, 5.41) is 15.7. The van der Waals surface area contributed by atoms with E-state index in [0.717, 1.165) is 22.3 Å². The van der Waals surface area contributed by atoms with Crippen LogP contribution in [0.25, 0.3) is 0 Å². The fraction of sp³-hybridized carbons (Fsp3) is 0.167. The van der Waals surface area contributed by atoms with Crippen LogP contribution in [0.15, 0.2) is 151 Å². The minimum atomic E-state index is -1.31. The molecular formula is C48H44Cl2N4O8. The molecule has 0 aliphatic heterocycles. The van der Waals surface area contributed by atoms with Crippen molar-refractivity contribution in [3.8, 4) is 23.0 Å². The topological polar surface area (TPSA) is 171 Å². The molecule has 318 valence electrons. The largest absolute Gasteiger partial charge is 0.484 e. The highest BCUT2D eigenvalue weighted by atomic mass is 35.5. The van der Waals surface area contributed by atoms with E-state index in [9.17, 15) is 19.5 Å². The Labute approximate surface area is 369 Å². The first-order valence-corrected chi connectivity index (χ1v) is 20.4. The number of rotatable bonds is 20. The molecule has 0 bridgehead atoms. The summed E-state index contributed by atoms with van der Waals surface area (Å²) in [6, 6.07) is 42.3. The van der Waals surface area contributed by atoms with Crippen molar-refractivity contribution < 1.29 is 38.4 Å². The molecule has 0 heterocycles. The Morgan fingerprint density at radius 2 is 0.919 bits per heavy atom. The number of carbonyl (C=O) groups excluding carboxylic acids is 2. The summed E-state index contributed by atoms with van der Waals surface area (Å²) in [4.78, 5) is 44.0. The number of carbonyl (C=O) groups is 3. The van der Waals surface area contributed by atoms with Gasteiger partial charge in [-0.25, -0.2) is 4.79 Å². The lowest BCUT2D eigenvalue weighted by Crippen LogP contribution is -2.41. The van der Waals surface area contributed by atoms with Crippen molar-refractivity contribution in [2.24, 2.45) is 10.7 Å². The Kier molecular flexibility index (Phi) is 16.2. The molecule has 6 rings (SSSR count). The molecule has 0 fully saturated rings. The maximum absolute atomic E-state index is 13.8. The van der Waals surface area contributed by atoms with E-state index in [1.165, 1.54) is 24.3 Å². The molecule has 0 saturated heterocycles. The van der Waals surface area contributed by atoms with Crippen molar-refractivity contribution in [2.45, 2.75) is 45.3 Å². The van der Waals surface area contributed by atoms with Gasteiger partial charge in [0.15, 0.2) is 29.0 Å². The van der Waals surface area contributed by atoms with Gasteiger partial charge in [-0.05, 0) is 59.4 Å². The second kappa shape index (κ2) is 22.5. The number of ether oxygens (including phenoxy) is 4. The van der Waals surface area contributed by atoms with Crippen LogP contribution in [0.3, 0.4) is 0 Å². The third kappa shape index (κ3) is 12.7. The molecule has 62 heavy (non-hydrogen) atoms. The number of guanidine groups is 1. The monoisotopic (exact) mass is 874 g/mol. The van der Waals surface area contributed by atoms with Crippen LogP contribution in [0.5, 0.6) is 23.0 Å². The van der Waals surface area contributed by atoms with Gasteiger partial charge in [-0.3, -0.25) is 19.9 Å². The van der Waals surface area contributed by atoms with E-state index < -0.39 is 23.8 Å². The standard InChI is InChI=1S/C48H44Cl2N4O8/c49-38-25-23-36(41(59-28-32-14-5-1-6-15-32)43(38)61-30-34-18-9-3-10-19-34)45(55)53-40(47(57)58)22-13-27-52-48(51)54-46(56)37-24-26-39(50)44(62-31-35-20-11-4-12-21-35)42(37)60-29-33-16-7-2-8-17-33/h1-12,14-21,23-26,40H,13,22,27-31H2,(H,53,55)(H,57,58)(H3,51,52,54,56)/t40-/m1/s1. The molecule has 2 amide bonds. The van der Waals surface area contributed by atoms with Gasteiger partial charge >= 0.3 is 5.97 Å². The van der Waals surface area contributed by atoms with E-state index >= 15 is 0 Å². The number of aliphatic carboxylic acids is 1. The first kappa shape index (κ1) is 44.5. The van der Waals surface area contributed by atoms with Gasteiger partial charge in [-0.2, -0.15) is 0 Å². The molecule has 6 aromatic carbocycles. The van der Waals surface area contributed by atoms with Crippen LogP contribution in [0.1, 0.15) is 55.8 Å². The van der Waals surface area contributed by atoms with Gasteiger partial charge in [0.05, 0.1) is 21.2 Å². The summed E-state index contributed by atoms with van der Waals surface area (Å²) in [5.74, 6) is -2.32. The second-order valence-electron chi connectivity index (χ2n) is 13.8. The quantitative estimate of drug-likeness (QED) is 0.0332. The van der Waals surface area contributed by atoms with E-state index in [0.29, 0.717) is 0 Å². The lowest BCUT2D eigenvalue weighted by Gasteiger charge is -2.19. The molecule has 0 radical (unpaired) electrons. The van der Waals surface area contributed by atoms with Gasteiger partial charge in [-0.1, -0.05) is 145 Å². The summed E-state index contributed by atoms with van der Waals surface area (Å²) in [6.45, 7) is 0.547. The van der Waals surface area contributed by atoms with Gasteiger partial charge in [0.1, 0.15) is 32.5 Å². The number of benzene rings is 6. The molecule has 5 N–H and O–H groups in total. The van der Waals surface area contributed by atoms with Gasteiger partial charge in [0, 0.05) is 6.54 Å². The van der Waals surface area contributed by atoms with Crippen molar-refractivity contribution in [1.29, 1.82) is 0 Å². The molecule has 1 atom stereocenters. The van der Waals surface area contributed by atoms with Crippen LogP contribution in [0, 0.1) is 0 Å². The van der Waals surface area contributed by atoms with E-state index in [-0.39, 0.29) is 95.9 Å². The molecule has 0 aromatic heterocycles. The molecule has 14 heteroatoms. The maximum Gasteiger partial charge on any atom is 0.326 e. The van der Waals surface area contributed by atoms with E-state index in [4.69, 9.17) is 47.9 Å². The Balaban J connectivity index is 1.11. The van der Waals surface area contributed by atoms with Gasteiger partial charge in [0.2, 0.25) is 0 Å². The fourth-order valence-corrected chi connectivity index (χ4v) is 6.53. The highest BCUT2D eigenvalue weighted by Crippen LogP contribution is 2.41. The van der Waals surface area contributed by atoms with Crippen LogP contribution in [0.2, 0.25) is 10.0 Å². The SMILES string of the molecule is NC(=NCCC[C@@H](NC(=O)c1ccc(Cl)c(OCc2ccccc2)c1OCc1ccccc1)C(=O)O)NC(=O)c1ccc(Cl)c(OCc2ccccc2)c1OCc1ccccc1. The summed E-state index contributed by atoms with van der Waals surface area (Å²) in [5.41, 5.74) is 9.70. The van der Waals surface area contributed by atoms with Crippen molar-refractivity contribution in [2.75, 3.05) is 6.54 Å². The van der Waals surface area contributed by atoms with Crippen molar-refractivity contribution >= 4 is 46.9 Å². The fourth-order valence-electron chi connectivity index (χ4n) is 6.12. The molecule has 6 aromatic rings. The van der Waals surface area contributed by atoms with Crippen LogP contribution >= 0.6 is 23.2 Å². The van der Waals surface area contributed by atoms with E-state index in [1.54, 1.807) is 0 Å². The van der Waals surface area contributed by atoms with Gasteiger partial charge in [-0.15, -0.1) is 0 Å². The van der Waals surface area contributed by atoms with Crippen LogP contribution in [0.4, 0.5) is 0 Å². The molecule has 0 saturated carbocycles. The zero-order chi connectivity index (χ0) is 43.7. The first-order valence-electron chi connectivity index (χ1n) is 19.6. The number of halogens is 2. The normalized spacial score (nSPS) is 11.5. The number of nitrogens with one attached hydrogen (secondary N) is 2. The Bertz CT molecular complexity index is 2460. The zero-order valence-corrected chi connectivity index (χ0v) is 35.0. The predicted octanol–water partition coefficient (Wildman–Crippen LogP) is 9.02. The number of carboxylic acid groups (broad SMARTS) is 1. The maximum atomic E-state index is 13.8. The average molecular weight is 876 g/mol. The molecule has 0 spiro atoms. The van der Waals surface area contributed by atoms with Crippen LogP contribution in [-0.4, -0.2) is 41.4 Å². The smallest absolute Gasteiger partial charge is 0.326 e. The number of nitrogens with zero attached hydrogens (tertiary/aromatic N) is 1. The van der Waals surface area contributed by atoms with Crippen LogP contribution < -0.4 is 35.3 Å². The minimum Gasteiger partial charge on any atom is -0.484 e. The molecule has 12 nitrogen and oxygen atoms in total. The molecule has 0 aliphatic carbocycles. The predicted molar refractivity (Wildman–Crippen MR) is 238 cm³/mol. The molecule has 0 aliphatic rings. The van der Waals surface area contributed by atoms with Crippen molar-refractivity contribution in [3.63, 3.8) is 0 Å². The van der Waals surface area contributed by atoms with Crippen molar-refractivity contribution in [3.05, 3.63) is 189 Å². The first-order chi connectivity index (χ1) is 30.2. The highest BCUT2D eigenvalue weighted by molar-refractivity contribution is 6.33. The number of nitrogens with two attached hydrogens (primary N) is 1. The van der Waals surface area contributed by atoms with Crippen LogP contribution in [-0.2, 0) is 31.2 Å². The lowest BCUT2D eigenvalue weighted by molar-refractivity contribution is -0.139. The summed E-state index contributed by atoms with van der Waals surface area (Å²) < 4.78 is 24.5. The number of aliphatic imine (C=N–C) groups is 1. The number of amides is 2. The zero-order valence-electron chi connectivity index (χ0n) is 33.5. The third-order valence-electron chi connectivity index (χ3n) is 9.30. The number of hydrogen-bond acceptors (Lipinski definition) is 8. The Morgan fingerprint density at radius 3 is 1.31 bits per heavy atom. The number of hydrogen-bond donors (Lipinski definition) is 4. The average Bonchev–Trinajstić information content (AvgIpc) is 3.29. The lowest BCUT2D eigenvalue weighted by atomic mass is 10.1. The summed E-state index contributed by atoms with van der Waals surface area (Å²) in [6.07, 6.45) is 0.162. The van der Waals surface area contributed by atoms with E-state index in [1.807, 2.05) is 121 Å². The second-order valence-corrected chi connectivity index (χ2v) is 14.6. The summed E-state index contributed by atoms with van der Waals surface area (Å²) >= 11 is 13.2. The van der Waals surface area contributed by atoms with E-state index in [2.05, 4.69) is 15.6 Å². The van der Waals surface area contributed by atoms with Gasteiger partial charge in [0.25, 0.3) is 11.8 Å². The highest BCUT2D eigenvalue weighted by Gasteiger charge is 2.26. The third-order valence-corrected chi connectivity index (χ3v) is 9.89. The molecule has 0 unspecified atom stereocenters. The Hall–Kier alpha value is -7.02. The number of carboxylic acids is 1. The Morgan fingerprint density at radius 1 is 0.548 bits per heavy atom. The minimum absolute atomic E-state index is 0.0201.